The molecule has 228 valence electrons. The Kier molecular flexibility index (Phi) is 6.23. The van der Waals surface area contributed by atoms with Crippen LogP contribution in [0.15, 0.2) is 35.2 Å². The van der Waals surface area contributed by atoms with Crippen LogP contribution in [0.1, 0.15) is 65.5 Å². The molecule has 5 aliphatic rings. The molecule has 1 unspecified atom stereocenters. The van der Waals surface area contributed by atoms with E-state index in [1.165, 1.54) is 24.7 Å². The van der Waals surface area contributed by atoms with Crippen LogP contribution in [0.4, 0.5) is 0 Å². The number of allylic oxidation sites excluding steroid dienone is 1. The minimum atomic E-state index is -2.32. The van der Waals surface area contributed by atoms with Gasteiger partial charge in [-0.05, 0) is 25.8 Å². The van der Waals surface area contributed by atoms with Crippen molar-refractivity contribution in [3.05, 3.63) is 36.3 Å². The Morgan fingerprint density at radius 3 is 2.50 bits per heavy atom. The molecule has 0 amide bonds. The third-order valence-electron chi connectivity index (χ3n) is 11.4. The van der Waals surface area contributed by atoms with Gasteiger partial charge in [0.15, 0.2) is 17.5 Å². The molecule has 3 aliphatic carbocycles. The number of cyclic esters (lactones) is 1. The first kappa shape index (κ1) is 29.1. The number of hydrogen-bond acceptors (Lipinski definition) is 11. The van der Waals surface area contributed by atoms with Gasteiger partial charge in [0, 0.05) is 45.6 Å². The molecule has 11 atom stereocenters. The Balaban J connectivity index is 1.55. The maximum Gasteiger partial charge on any atom is 0.335 e. The van der Waals surface area contributed by atoms with Crippen LogP contribution in [0.25, 0.3) is 0 Å². The number of esters is 3. The summed E-state index contributed by atoms with van der Waals surface area (Å²) in [5, 5.41) is 24.1. The monoisotopic (exact) mass is 586 g/mol. The second-order valence-electron chi connectivity index (χ2n) is 13.7. The number of Topliss-reactive ketones (excluding diaryl/α,β-unsaturated/α-hetero) is 1. The standard InChI is InChI=1S/C31H38O11/c1-7-8-18(32)41-25-27(2,3)21(20(34)23(35)38-6)29(5)16-9-11-28(4)17(31(16)26(42-31)30(25,37)24(29)36)13-19(33)40-22(28)15-10-12-39-14-15/h7-8,10,12,14,16-17,20-22,25-26,34,37H,9,11,13H2,1-6H3/b8-7+/t16-,17-,20?,21+,22+,25+,26-,28-,29-,30+,31-/m1/s1. The minimum absolute atomic E-state index is 0.0190. The second-order valence-corrected chi connectivity index (χ2v) is 13.7. The van der Waals surface area contributed by atoms with Crippen LogP contribution < -0.4 is 0 Å². The number of carbonyl (C=O) groups excluding carboxylic acids is 4. The van der Waals surface area contributed by atoms with Crippen LogP contribution in [0.5, 0.6) is 0 Å². The summed E-state index contributed by atoms with van der Waals surface area (Å²) < 4.78 is 28.5. The van der Waals surface area contributed by atoms with Gasteiger partial charge in [0.2, 0.25) is 0 Å². The van der Waals surface area contributed by atoms with Gasteiger partial charge in [-0.1, -0.05) is 33.8 Å². The summed E-state index contributed by atoms with van der Waals surface area (Å²) in [5.41, 5.74) is -6.29. The third kappa shape index (κ3) is 3.33. The van der Waals surface area contributed by atoms with Crippen LogP contribution in [0, 0.1) is 34.0 Å². The molecule has 11 nitrogen and oxygen atoms in total. The molecule has 3 heterocycles. The molecule has 0 radical (unpaired) electrons. The molecule has 2 N–H and O–H groups in total. The van der Waals surface area contributed by atoms with Gasteiger partial charge in [0.05, 0.1) is 26.1 Å². The number of carbonyl (C=O) groups is 4. The smallest absolute Gasteiger partial charge is 0.335 e. The highest BCUT2D eigenvalue weighted by molar-refractivity contribution is 5.99. The Morgan fingerprint density at radius 1 is 1.17 bits per heavy atom. The van der Waals surface area contributed by atoms with Gasteiger partial charge in [-0.15, -0.1) is 0 Å². The number of ketones is 1. The number of aliphatic hydroxyl groups excluding tert-OH is 1. The summed E-state index contributed by atoms with van der Waals surface area (Å²) in [7, 11) is 1.14. The predicted molar refractivity (Wildman–Crippen MR) is 142 cm³/mol. The van der Waals surface area contributed by atoms with E-state index in [4.69, 9.17) is 23.4 Å². The SMILES string of the molecule is C/C=C/C(=O)O[C@H]1C(C)(C)[C@H](C(O)C(=O)OC)[C@]2(C)C(=O)[C@@]1(O)[C@H]1O[C@]13[C@@H]1CC(=O)O[C@@H](c4ccoc4)[C@]1(C)CC[C@H]23. The maximum atomic E-state index is 14.7. The van der Waals surface area contributed by atoms with Crippen LogP contribution in [0.3, 0.4) is 0 Å². The summed E-state index contributed by atoms with van der Waals surface area (Å²) in [6.45, 7) is 8.63. The van der Waals surface area contributed by atoms with Gasteiger partial charge in [-0.3, -0.25) is 9.59 Å². The van der Waals surface area contributed by atoms with Gasteiger partial charge in [0.1, 0.15) is 23.9 Å². The number of hydrogen-bond donors (Lipinski definition) is 2. The van der Waals surface area contributed by atoms with E-state index in [9.17, 15) is 29.4 Å². The molecule has 1 aromatic heterocycles. The van der Waals surface area contributed by atoms with Gasteiger partial charge < -0.3 is 33.6 Å². The average Bonchev–Trinajstić information content (AvgIpc) is 3.42. The zero-order valence-electron chi connectivity index (χ0n) is 24.6. The van der Waals surface area contributed by atoms with Crippen molar-refractivity contribution >= 4 is 23.7 Å². The van der Waals surface area contributed by atoms with Crippen LogP contribution >= 0.6 is 0 Å². The van der Waals surface area contributed by atoms with Gasteiger partial charge in [0.25, 0.3) is 0 Å². The summed E-state index contributed by atoms with van der Waals surface area (Å²) in [5.74, 6) is -5.05. The number of ether oxygens (including phenoxy) is 4. The number of fused-ring (bicyclic) bond motifs is 5. The first-order valence-corrected chi connectivity index (χ1v) is 14.4. The average molecular weight is 587 g/mol. The third-order valence-corrected chi connectivity index (χ3v) is 11.4. The molecule has 3 saturated carbocycles. The molecule has 11 heteroatoms. The van der Waals surface area contributed by atoms with Crippen molar-refractivity contribution < 1.29 is 52.8 Å². The lowest BCUT2D eigenvalue weighted by molar-refractivity contribution is -0.259. The summed E-state index contributed by atoms with van der Waals surface area (Å²) in [4.78, 5) is 53.5. The Morgan fingerprint density at radius 2 is 1.88 bits per heavy atom. The van der Waals surface area contributed by atoms with Crippen molar-refractivity contribution in [2.24, 2.45) is 34.0 Å². The minimum Gasteiger partial charge on any atom is -0.472 e. The fourth-order valence-electron chi connectivity index (χ4n) is 9.93. The lowest BCUT2D eigenvalue weighted by atomic mass is 9.36. The normalized spacial score (nSPS) is 45.6. The van der Waals surface area contributed by atoms with Crippen LogP contribution in [-0.2, 0) is 38.1 Å². The topological polar surface area (TPSA) is 162 Å². The molecule has 1 aromatic rings. The van der Waals surface area contributed by atoms with Crippen LogP contribution in [0.2, 0.25) is 0 Å². The fourth-order valence-corrected chi connectivity index (χ4v) is 9.93. The van der Waals surface area contributed by atoms with Gasteiger partial charge in [-0.2, -0.15) is 0 Å². The number of furan rings is 1. The Hall–Kier alpha value is -3.02. The number of methoxy groups -OCH3 is 1. The second kappa shape index (κ2) is 9.00. The molecule has 5 fully saturated rings. The first-order chi connectivity index (χ1) is 19.7. The van der Waals surface area contributed by atoms with Crippen molar-refractivity contribution in [2.45, 2.75) is 89.5 Å². The molecule has 6 rings (SSSR count). The van der Waals surface area contributed by atoms with Crippen molar-refractivity contribution in [1.29, 1.82) is 0 Å². The molecule has 0 aromatic carbocycles. The summed E-state index contributed by atoms with van der Waals surface area (Å²) in [6, 6.07) is 1.75. The van der Waals surface area contributed by atoms with Crippen molar-refractivity contribution in [3.63, 3.8) is 0 Å². The highest BCUT2D eigenvalue weighted by atomic mass is 16.6. The van der Waals surface area contributed by atoms with E-state index in [1.807, 2.05) is 6.92 Å². The van der Waals surface area contributed by atoms with E-state index in [-0.39, 0.29) is 6.42 Å². The van der Waals surface area contributed by atoms with E-state index in [0.29, 0.717) is 18.4 Å². The quantitative estimate of drug-likeness (QED) is 0.226. The lowest BCUT2D eigenvalue weighted by Gasteiger charge is -2.67. The van der Waals surface area contributed by atoms with Crippen molar-refractivity contribution in [1.82, 2.24) is 0 Å². The molecule has 2 bridgehead atoms. The van der Waals surface area contributed by atoms with E-state index < -0.39 is 93.3 Å². The molecule has 2 saturated heterocycles. The summed E-state index contributed by atoms with van der Waals surface area (Å²) in [6.07, 6.45) is 1.62. The summed E-state index contributed by atoms with van der Waals surface area (Å²) >= 11 is 0. The molecular formula is C31H38O11. The first-order valence-electron chi connectivity index (χ1n) is 14.4. The highest BCUT2D eigenvalue weighted by Gasteiger charge is 2.91. The predicted octanol–water partition coefficient (Wildman–Crippen LogP) is 2.44. The number of aliphatic hydroxyl groups is 2. The molecule has 42 heavy (non-hydrogen) atoms. The Labute approximate surface area is 243 Å². The Bertz CT molecular complexity index is 1360. The highest BCUT2D eigenvalue weighted by Crippen LogP contribution is 2.78. The van der Waals surface area contributed by atoms with E-state index >= 15 is 0 Å². The molecule has 2 aliphatic heterocycles. The lowest BCUT2D eigenvalue weighted by Crippen LogP contribution is -2.81. The van der Waals surface area contributed by atoms with Crippen molar-refractivity contribution in [2.75, 3.05) is 7.11 Å². The van der Waals surface area contributed by atoms with Crippen LogP contribution in [-0.4, -0.2) is 70.5 Å². The maximum absolute atomic E-state index is 14.7. The van der Waals surface area contributed by atoms with E-state index in [2.05, 4.69) is 0 Å². The van der Waals surface area contributed by atoms with Crippen molar-refractivity contribution in [3.8, 4) is 0 Å². The molecular weight excluding hydrogens is 548 g/mol. The largest absolute Gasteiger partial charge is 0.472 e. The zero-order chi connectivity index (χ0) is 30.6. The number of rotatable bonds is 5. The van der Waals surface area contributed by atoms with E-state index in [1.54, 1.807) is 33.8 Å². The molecule has 1 spiro atoms. The van der Waals surface area contributed by atoms with Gasteiger partial charge >= 0.3 is 17.9 Å². The number of epoxide rings is 1. The zero-order valence-corrected chi connectivity index (χ0v) is 24.6. The van der Waals surface area contributed by atoms with E-state index in [0.717, 1.165) is 7.11 Å². The van der Waals surface area contributed by atoms with Gasteiger partial charge in [-0.25, -0.2) is 9.59 Å². The fraction of sp³-hybridized carbons (Fsp3) is 0.677.